The number of allylic oxidation sites excluding steroid dienone is 1. The Kier molecular flexibility index (Phi) is 11.9. The van der Waals surface area contributed by atoms with Gasteiger partial charge >= 0.3 is 5.97 Å². The van der Waals surface area contributed by atoms with Gasteiger partial charge < -0.3 is 24.1 Å². The molecule has 7 nitrogen and oxygen atoms in total. The average molecular weight is 467 g/mol. The summed E-state index contributed by atoms with van der Waals surface area (Å²) in [5.74, 6) is -0.961. The van der Waals surface area contributed by atoms with Gasteiger partial charge in [0.15, 0.2) is 12.1 Å². The smallest absolute Gasteiger partial charge is 0.309 e. The van der Waals surface area contributed by atoms with Crippen LogP contribution in [-0.2, 0) is 28.5 Å². The number of rotatable bonds is 15. The Morgan fingerprint density at radius 1 is 0.970 bits per heavy atom. The minimum absolute atomic E-state index is 0.0341. The molecule has 1 N–H and O–H groups in total. The van der Waals surface area contributed by atoms with E-state index in [0.29, 0.717) is 32.7 Å². The van der Waals surface area contributed by atoms with Gasteiger partial charge in [-0.1, -0.05) is 12.8 Å². The molecule has 0 spiro atoms. The molecule has 0 saturated carbocycles. The number of ether oxygens (including phenoxy) is 4. The Balaban J connectivity index is 1.23. The van der Waals surface area contributed by atoms with Crippen LogP contribution in [0.3, 0.4) is 0 Å². The molecule has 2 saturated heterocycles. The number of hydrogen-bond acceptors (Lipinski definition) is 6. The van der Waals surface area contributed by atoms with E-state index in [1.165, 1.54) is 6.42 Å². The molecule has 33 heavy (non-hydrogen) atoms. The Morgan fingerprint density at radius 3 is 2.42 bits per heavy atom. The number of carboxylic acids is 1. The van der Waals surface area contributed by atoms with E-state index in [2.05, 4.69) is 0 Å². The Labute approximate surface area is 198 Å². The van der Waals surface area contributed by atoms with Crippen LogP contribution in [0.1, 0.15) is 89.9 Å². The molecule has 2 fully saturated rings. The molecule has 1 aliphatic carbocycles. The van der Waals surface area contributed by atoms with Crippen molar-refractivity contribution in [3.63, 3.8) is 0 Å². The highest BCUT2D eigenvalue weighted by Gasteiger charge is 2.30. The van der Waals surface area contributed by atoms with E-state index < -0.39 is 11.9 Å². The van der Waals surface area contributed by atoms with Crippen LogP contribution in [0.5, 0.6) is 0 Å². The van der Waals surface area contributed by atoms with E-state index in [4.69, 9.17) is 18.9 Å². The van der Waals surface area contributed by atoms with Crippen molar-refractivity contribution in [2.75, 3.05) is 26.4 Å². The lowest BCUT2D eigenvalue weighted by atomic mass is 9.90. The van der Waals surface area contributed by atoms with Crippen molar-refractivity contribution in [3.8, 4) is 0 Å². The number of aliphatic carboxylic acids is 1. The fourth-order valence-corrected chi connectivity index (χ4v) is 4.92. The third-order valence-electron chi connectivity index (χ3n) is 6.89. The maximum atomic E-state index is 12.3. The number of carboxylic acid groups (broad SMARTS) is 1. The third-order valence-corrected chi connectivity index (χ3v) is 6.89. The minimum atomic E-state index is -0.746. The lowest BCUT2D eigenvalue weighted by Crippen LogP contribution is -2.33. The fourth-order valence-electron chi connectivity index (χ4n) is 4.92. The van der Waals surface area contributed by atoms with Crippen LogP contribution in [0.25, 0.3) is 0 Å². The second kappa shape index (κ2) is 14.9. The highest BCUT2D eigenvalue weighted by molar-refractivity contribution is 5.98. The molecule has 188 valence electrons. The molecule has 7 heteroatoms. The van der Waals surface area contributed by atoms with Crippen LogP contribution in [-0.4, -0.2) is 61.8 Å². The van der Waals surface area contributed by atoms with Gasteiger partial charge in [0.05, 0.1) is 18.1 Å². The first-order chi connectivity index (χ1) is 16.1. The average Bonchev–Trinajstić information content (AvgIpc) is 3.18. The summed E-state index contributed by atoms with van der Waals surface area (Å²) >= 11 is 0. The molecule has 0 aromatic carbocycles. The molecular formula is C26H42O7. The van der Waals surface area contributed by atoms with E-state index in [1.807, 2.05) is 6.08 Å². The molecule has 0 amide bonds. The van der Waals surface area contributed by atoms with Gasteiger partial charge in [-0.25, -0.2) is 0 Å². The summed E-state index contributed by atoms with van der Waals surface area (Å²) in [6.45, 7) is 2.80. The molecular weight excluding hydrogens is 424 g/mol. The Bertz CT molecular complexity index is 620. The standard InChI is InChI=1S/C26H42O7/c27-23-19-21(30-14-8-9-17-33-25-13-5-7-16-32-25)18-20(23)10-2-1-3-11-22(26(28)29)24-12-4-6-15-31-24/h18,21-22,24-25H,1-17,19H2,(H,28,29). The molecule has 0 bridgehead atoms. The number of carbonyl (C=O) groups is 2. The van der Waals surface area contributed by atoms with Crippen molar-refractivity contribution in [1.29, 1.82) is 0 Å². The van der Waals surface area contributed by atoms with E-state index in [0.717, 1.165) is 82.8 Å². The van der Waals surface area contributed by atoms with Gasteiger partial charge in [-0.15, -0.1) is 0 Å². The summed E-state index contributed by atoms with van der Waals surface area (Å²) in [6.07, 6.45) is 14.3. The zero-order valence-corrected chi connectivity index (χ0v) is 20.0. The van der Waals surface area contributed by atoms with Gasteiger partial charge in [-0.05, 0) is 82.3 Å². The predicted octanol–water partition coefficient (Wildman–Crippen LogP) is 4.81. The molecule has 4 unspecified atom stereocenters. The number of unbranched alkanes of at least 4 members (excludes halogenated alkanes) is 3. The molecule has 3 rings (SSSR count). The van der Waals surface area contributed by atoms with Crippen LogP contribution in [0, 0.1) is 5.92 Å². The largest absolute Gasteiger partial charge is 0.481 e. The maximum Gasteiger partial charge on any atom is 0.309 e. The van der Waals surface area contributed by atoms with Crippen LogP contribution >= 0.6 is 0 Å². The number of Topliss-reactive ketones (excluding diaryl/α,β-unsaturated/α-hetero) is 1. The summed E-state index contributed by atoms with van der Waals surface area (Å²) in [5, 5.41) is 9.54. The number of hydrogen-bond donors (Lipinski definition) is 1. The Hall–Kier alpha value is -1.28. The zero-order chi connectivity index (χ0) is 23.3. The lowest BCUT2D eigenvalue weighted by Gasteiger charge is -2.27. The molecule has 0 aromatic rings. The van der Waals surface area contributed by atoms with Crippen molar-refractivity contribution in [3.05, 3.63) is 11.6 Å². The van der Waals surface area contributed by atoms with Crippen molar-refractivity contribution in [2.24, 2.45) is 5.92 Å². The molecule has 0 radical (unpaired) electrons. The normalized spacial score (nSPS) is 26.8. The zero-order valence-electron chi connectivity index (χ0n) is 20.0. The van der Waals surface area contributed by atoms with Gasteiger partial charge in [-0.2, -0.15) is 0 Å². The number of carbonyl (C=O) groups excluding carboxylic acids is 1. The summed E-state index contributed by atoms with van der Waals surface area (Å²) in [6, 6.07) is 0. The van der Waals surface area contributed by atoms with Crippen molar-refractivity contribution in [1.82, 2.24) is 0 Å². The summed E-state index contributed by atoms with van der Waals surface area (Å²) < 4.78 is 22.9. The lowest BCUT2D eigenvalue weighted by molar-refractivity contribution is -0.163. The first-order valence-corrected chi connectivity index (χ1v) is 13.1. The van der Waals surface area contributed by atoms with Gasteiger partial charge in [0.25, 0.3) is 0 Å². The molecule has 4 atom stereocenters. The third kappa shape index (κ3) is 9.47. The first kappa shape index (κ1) is 26.3. The van der Waals surface area contributed by atoms with Crippen LogP contribution < -0.4 is 0 Å². The van der Waals surface area contributed by atoms with E-state index in [-0.39, 0.29) is 24.3 Å². The molecule has 2 aliphatic heterocycles. The molecule has 2 heterocycles. The van der Waals surface area contributed by atoms with Crippen molar-refractivity contribution < 1.29 is 33.6 Å². The number of ketones is 1. The van der Waals surface area contributed by atoms with Gasteiger partial charge in [-0.3, -0.25) is 9.59 Å². The van der Waals surface area contributed by atoms with Crippen LogP contribution in [0.4, 0.5) is 0 Å². The van der Waals surface area contributed by atoms with Crippen LogP contribution in [0.2, 0.25) is 0 Å². The SMILES string of the molecule is O=C1CC(OCCCCOC2CCCCO2)C=C1CCCCCC(C(=O)O)C1CCCCO1. The second-order valence-corrected chi connectivity index (χ2v) is 9.55. The highest BCUT2D eigenvalue weighted by Crippen LogP contribution is 2.27. The summed E-state index contributed by atoms with van der Waals surface area (Å²) in [7, 11) is 0. The van der Waals surface area contributed by atoms with E-state index >= 15 is 0 Å². The molecule has 3 aliphatic rings. The summed E-state index contributed by atoms with van der Waals surface area (Å²) in [4.78, 5) is 23.9. The summed E-state index contributed by atoms with van der Waals surface area (Å²) in [5.41, 5.74) is 0.878. The second-order valence-electron chi connectivity index (χ2n) is 9.55. The fraction of sp³-hybridized carbons (Fsp3) is 0.846. The van der Waals surface area contributed by atoms with Crippen molar-refractivity contribution >= 4 is 11.8 Å². The molecule has 0 aromatic heterocycles. The van der Waals surface area contributed by atoms with Gasteiger partial charge in [0.1, 0.15) is 0 Å². The van der Waals surface area contributed by atoms with E-state index in [1.54, 1.807) is 0 Å². The minimum Gasteiger partial charge on any atom is -0.481 e. The monoisotopic (exact) mass is 466 g/mol. The van der Waals surface area contributed by atoms with Gasteiger partial charge in [0.2, 0.25) is 0 Å². The quantitative estimate of drug-likeness (QED) is 0.346. The predicted molar refractivity (Wildman–Crippen MR) is 124 cm³/mol. The van der Waals surface area contributed by atoms with E-state index in [9.17, 15) is 14.7 Å². The van der Waals surface area contributed by atoms with Crippen LogP contribution in [0.15, 0.2) is 11.6 Å². The first-order valence-electron chi connectivity index (χ1n) is 13.1. The van der Waals surface area contributed by atoms with Crippen molar-refractivity contribution in [2.45, 2.75) is 108 Å². The Morgan fingerprint density at radius 2 is 1.73 bits per heavy atom. The van der Waals surface area contributed by atoms with Gasteiger partial charge in [0, 0.05) is 32.8 Å². The maximum absolute atomic E-state index is 12.3. The topological polar surface area (TPSA) is 91.3 Å². The highest BCUT2D eigenvalue weighted by atomic mass is 16.7.